The molecule has 0 radical (unpaired) electrons. The molecule has 4 aromatic rings. The molecule has 3 atom stereocenters. The Morgan fingerprint density at radius 2 is 2.12 bits per heavy atom. The van der Waals surface area contributed by atoms with E-state index in [0.29, 0.717) is 46.2 Å². The zero-order valence-corrected chi connectivity index (χ0v) is 17.5. The molecule has 0 aliphatic carbocycles. The van der Waals surface area contributed by atoms with Crippen LogP contribution in [-0.4, -0.2) is 51.2 Å². The highest BCUT2D eigenvalue weighted by Crippen LogP contribution is 2.49. The molecule has 3 aliphatic rings. The number of hydrogen-bond acceptors (Lipinski definition) is 6. The van der Waals surface area contributed by atoms with Gasteiger partial charge in [0.05, 0.1) is 27.5 Å². The smallest absolute Gasteiger partial charge is 0.323 e. The Morgan fingerprint density at radius 3 is 3.03 bits per heavy atom. The van der Waals surface area contributed by atoms with Gasteiger partial charge in [-0.2, -0.15) is 0 Å². The predicted octanol–water partition coefficient (Wildman–Crippen LogP) is 2.96. The lowest BCUT2D eigenvalue weighted by molar-refractivity contribution is 0.244. The zero-order chi connectivity index (χ0) is 21.6. The minimum atomic E-state index is -0.563. The summed E-state index contributed by atoms with van der Waals surface area (Å²) >= 11 is 6.83. The number of aromatic amines is 2. The Balaban J connectivity index is 1.53. The number of H-pyrrole nitrogens is 2. The first-order valence-corrected chi connectivity index (χ1v) is 11.0. The highest BCUT2D eigenvalue weighted by Gasteiger charge is 2.44. The van der Waals surface area contributed by atoms with Gasteiger partial charge in [-0.05, 0) is 18.9 Å². The zero-order valence-electron chi connectivity index (χ0n) is 16.8. The second-order valence-electron chi connectivity index (χ2n) is 8.64. The number of rotatable bonds is 1. The maximum absolute atomic E-state index is 16.0. The van der Waals surface area contributed by atoms with Crippen LogP contribution in [0, 0.1) is 5.82 Å². The van der Waals surface area contributed by atoms with Crippen LogP contribution in [0.1, 0.15) is 12.8 Å². The van der Waals surface area contributed by atoms with Crippen LogP contribution in [0.2, 0.25) is 5.02 Å². The van der Waals surface area contributed by atoms with Crippen molar-refractivity contribution in [2.24, 2.45) is 0 Å². The second kappa shape index (κ2) is 6.43. The fourth-order valence-corrected chi connectivity index (χ4v) is 5.89. The summed E-state index contributed by atoms with van der Waals surface area (Å²) in [4.78, 5) is 28.4. The monoisotopic (exact) mass is 452 g/mol. The summed E-state index contributed by atoms with van der Waals surface area (Å²) in [7, 11) is 0. The van der Waals surface area contributed by atoms with Crippen LogP contribution in [0.5, 0.6) is 5.75 Å². The summed E-state index contributed by atoms with van der Waals surface area (Å²) in [5.41, 5.74) is 1.45. The number of piperazine rings is 1. The molecule has 32 heavy (non-hydrogen) atoms. The van der Waals surface area contributed by atoms with Crippen LogP contribution in [0.4, 0.5) is 10.2 Å². The molecular weight excluding hydrogens is 435 g/mol. The second-order valence-corrected chi connectivity index (χ2v) is 9.02. The average molecular weight is 453 g/mol. The molecule has 3 unspecified atom stereocenters. The van der Waals surface area contributed by atoms with Crippen molar-refractivity contribution in [2.45, 2.75) is 31.0 Å². The van der Waals surface area contributed by atoms with Crippen molar-refractivity contribution in [2.75, 3.05) is 18.1 Å². The topological polar surface area (TPSA) is 98.9 Å². The molecule has 10 heteroatoms. The van der Waals surface area contributed by atoms with E-state index in [2.05, 4.69) is 30.2 Å². The molecule has 0 saturated carbocycles. The highest BCUT2D eigenvalue weighted by molar-refractivity contribution is 6.37. The fourth-order valence-electron chi connectivity index (χ4n) is 5.55. The van der Waals surface area contributed by atoms with Gasteiger partial charge in [0, 0.05) is 29.8 Å². The normalized spacial score (nSPS) is 23.9. The van der Waals surface area contributed by atoms with Gasteiger partial charge >= 0.3 is 5.69 Å². The Morgan fingerprint density at radius 1 is 1.22 bits per heavy atom. The average Bonchev–Trinajstić information content (AvgIpc) is 3.31. The molecule has 2 fully saturated rings. The van der Waals surface area contributed by atoms with E-state index in [4.69, 9.17) is 16.3 Å². The number of halogens is 2. The Labute approximate surface area is 185 Å². The molecule has 3 aliphatic heterocycles. The maximum Gasteiger partial charge on any atom is 0.323 e. The van der Waals surface area contributed by atoms with Gasteiger partial charge < -0.3 is 24.9 Å². The van der Waals surface area contributed by atoms with Crippen molar-refractivity contribution in [1.82, 2.24) is 25.3 Å². The summed E-state index contributed by atoms with van der Waals surface area (Å²) in [6.45, 7) is 1.19. The molecule has 0 spiro atoms. The number of fused-ring (bicyclic) bond motifs is 6. The van der Waals surface area contributed by atoms with Gasteiger partial charge in [0.15, 0.2) is 11.6 Å². The molecule has 0 amide bonds. The van der Waals surface area contributed by atoms with Gasteiger partial charge in [0.25, 0.3) is 0 Å². The third-order valence-corrected chi connectivity index (χ3v) is 7.31. The van der Waals surface area contributed by atoms with Crippen LogP contribution in [-0.2, 0) is 0 Å². The SMILES string of the molecule is O=c1[nH]c2cccc(-c3c(Cl)c4c5c(ncnc5c3F)N3CC5CCC(N5)C3CO4)c2[nH]1. The molecule has 2 aromatic heterocycles. The summed E-state index contributed by atoms with van der Waals surface area (Å²) in [5, 5.41) is 4.30. The number of para-hydroxylation sites is 1. The molecule has 2 bridgehead atoms. The molecule has 2 aromatic carbocycles. The molecule has 7 rings (SSSR count). The van der Waals surface area contributed by atoms with Crippen LogP contribution in [0.3, 0.4) is 0 Å². The summed E-state index contributed by atoms with van der Waals surface area (Å²) in [6.07, 6.45) is 3.56. The first kappa shape index (κ1) is 18.4. The van der Waals surface area contributed by atoms with Gasteiger partial charge in [-0.1, -0.05) is 23.7 Å². The number of nitrogens with zero attached hydrogens (tertiary/aromatic N) is 3. The molecule has 162 valence electrons. The van der Waals surface area contributed by atoms with E-state index in [1.807, 2.05) is 0 Å². The van der Waals surface area contributed by atoms with Gasteiger partial charge in [-0.15, -0.1) is 0 Å². The number of ether oxygens (including phenoxy) is 1. The molecule has 5 heterocycles. The minimum absolute atomic E-state index is 0.0753. The quantitative estimate of drug-likeness (QED) is 0.410. The fraction of sp³-hybridized carbons (Fsp3) is 0.318. The molecular formula is C22H18ClFN6O2. The standard InChI is InChI=1S/C22H18ClFN6O2/c23-16-14(10-2-1-3-12-18(10)29-22(31)28-12)17(24)19-15-20(16)32-7-13-11-5-4-9(27-11)6-30(13)21(15)26-8-25-19/h1-3,8-9,11,13,27H,4-7H2,(H2,28,29,31). The van der Waals surface area contributed by atoms with Crippen LogP contribution in [0.15, 0.2) is 29.3 Å². The first-order chi connectivity index (χ1) is 15.6. The van der Waals surface area contributed by atoms with Crippen LogP contribution >= 0.6 is 11.6 Å². The molecule has 8 nitrogen and oxygen atoms in total. The Bertz CT molecular complexity index is 1480. The van der Waals surface area contributed by atoms with Gasteiger partial charge in [0.1, 0.15) is 24.3 Å². The van der Waals surface area contributed by atoms with E-state index in [9.17, 15) is 4.79 Å². The highest BCUT2D eigenvalue weighted by atomic mass is 35.5. The van der Waals surface area contributed by atoms with E-state index in [-0.39, 0.29) is 33.9 Å². The van der Waals surface area contributed by atoms with E-state index in [1.165, 1.54) is 6.33 Å². The largest absolute Gasteiger partial charge is 0.489 e. The lowest BCUT2D eigenvalue weighted by atomic mass is 10.00. The summed E-state index contributed by atoms with van der Waals surface area (Å²) in [5.74, 6) is 0.479. The lowest BCUT2D eigenvalue weighted by Gasteiger charge is -2.40. The molecule has 2 saturated heterocycles. The summed E-state index contributed by atoms with van der Waals surface area (Å²) in [6, 6.07) is 5.95. The van der Waals surface area contributed by atoms with Gasteiger partial charge in [-0.25, -0.2) is 19.2 Å². The Kier molecular flexibility index (Phi) is 3.70. The third kappa shape index (κ3) is 2.37. The predicted molar refractivity (Wildman–Crippen MR) is 119 cm³/mol. The number of imidazole rings is 1. The van der Waals surface area contributed by atoms with Crippen molar-refractivity contribution in [1.29, 1.82) is 0 Å². The number of hydrogen-bond donors (Lipinski definition) is 3. The van der Waals surface area contributed by atoms with Crippen molar-refractivity contribution in [3.63, 3.8) is 0 Å². The van der Waals surface area contributed by atoms with Crippen LogP contribution in [0.25, 0.3) is 33.1 Å². The van der Waals surface area contributed by atoms with Crippen molar-refractivity contribution in [3.05, 3.63) is 45.9 Å². The summed E-state index contributed by atoms with van der Waals surface area (Å²) < 4.78 is 22.3. The van der Waals surface area contributed by atoms with E-state index in [1.54, 1.807) is 18.2 Å². The first-order valence-electron chi connectivity index (χ1n) is 10.6. The third-order valence-electron chi connectivity index (χ3n) is 6.95. The van der Waals surface area contributed by atoms with E-state index in [0.717, 1.165) is 19.4 Å². The van der Waals surface area contributed by atoms with E-state index >= 15 is 4.39 Å². The van der Waals surface area contributed by atoms with Crippen molar-refractivity contribution < 1.29 is 9.13 Å². The number of benzene rings is 2. The van der Waals surface area contributed by atoms with Gasteiger partial charge in [-0.3, -0.25) is 0 Å². The number of aromatic nitrogens is 4. The Hall–Kier alpha value is -3.17. The lowest BCUT2D eigenvalue weighted by Crippen LogP contribution is -2.60. The van der Waals surface area contributed by atoms with E-state index < -0.39 is 5.82 Å². The van der Waals surface area contributed by atoms with Crippen molar-refractivity contribution in [3.8, 4) is 16.9 Å². The van der Waals surface area contributed by atoms with Crippen molar-refractivity contribution >= 4 is 39.4 Å². The minimum Gasteiger partial charge on any atom is -0.489 e. The van der Waals surface area contributed by atoms with Gasteiger partial charge in [0.2, 0.25) is 0 Å². The van der Waals surface area contributed by atoms with Crippen LogP contribution < -0.4 is 20.6 Å². The molecule has 3 N–H and O–H groups in total. The maximum atomic E-state index is 16.0. The number of anilines is 1. The number of nitrogens with one attached hydrogen (secondary N) is 3.